The molecular weight excluding hydrogens is 372 g/mol. The third-order valence-electron chi connectivity index (χ3n) is 6.09. The minimum atomic E-state index is 0.123. The molecule has 154 valence electrons. The second-order valence-corrected chi connectivity index (χ2v) is 9.09. The fourth-order valence-corrected chi connectivity index (χ4v) is 5.37. The van der Waals surface area contributed by atoms with Gasteiger partial charge in [0, 0.05) is 44.9 Å². The summed E-state index contributed by atoms with van der Waals surface area (Å²) in [7, 11) is 1.78. The Balaban J connectivity index is 1.55. The molecule has 6 nitrogen and oxygen atoms in total. The van der Waals surface area contributed by atoms with Gasteiger partial charge in [0.15, 0.2) is 10.7 Å². The second-order valence-electron chi connectivity index (χ2n) is 8.22. The number of methoxy groups -OCH3 is 1. The van der Waals surface area contributed by atoms with Crippen LogP contribution >= 0.6 is 11.3 Å². The van der Waals surface area contributed by atoms with Crippen LogP contribution in [0.2, 0.25) is 0 Å². The maximum absolute atomic E-state index is 13.4. The van der Waals surface area contributed by atoms with Crippen molar-refractivity contribution in [2.24, 2.45) is 5.92 Å². The molecule has 2 aliphatic heterocycles. The van der Waals surface area contributed by atoms with Gasteiger partial charge in [0.25, 0.3) is 5.91 Å². The third kappa shape index (κ3) is 4.42. The molecule has 4 heterocycles. The highest BCUT2D eigenvalue weighted by Gasteiger charge is 2.27. The number of carbonyl (C=O) groups is 1. The Bertz CT molecular complexity index is 777. The number of nitrogens with zero attached hydrogens (tertiary/aromatic N) is 4. The molecule has 4 rings (SSSR count). The molecule has 0 aromatic carbocycles. The summed E-state index contributed by atoms with van der Waals surface area (Å²) in [5, 5.41) is 2.06. The zero-order valence-electron chi connectivity index (χ0n) is 16.9. The lowest BCUT2D eigenvalue weighted by atomic mass is 9.99. The number of rotatable bonds is 5. The van der Waals surface area contributed by atoms with Crippen molar-refractivity contribution in [1.82, 2.24) is 19.2 Å². The summed E-state index contributed by atoms with van der Waals surface area (Å²) in [4.78, 5) is 23.6. The van der Waals surface area contributed by atoms with Gasteiger partial charge in [0.1, 0.15) is 0 Å². The number of piperidine rings is 1. The lowest BCUT2D eigenvalue weighted by Crippen LogP contribution is -2.38. The second kappa shape index (κ2) is 9.37. The molecule has 2 aromatic rings. The van der Waals surface area contributed by atoms with Crippen molar-refractivity contribution < 1.29 is 9.53 Å². The predicted octanol–water partition coefficient (Wildman–Crippen LogP) is 3.66. The van der Waals surface area contributed by atoms with Gasteiger partial charge in [0.05, 0.1) is 12.3 Å². The van der Waals surface area contributed by atoms with Crippen molar-refractivity contribution in [2.75, 3.05) is 39.9 Å². The van der Waals surface area contributed by atoms with E-state index in [-0.39, 0.29) is 5.91 Å². The molecule has 2 fully saturated rings. The van der Waals surface area contributed by atoms with Gasteiger partial charge in [-0.3, -0.25) is 14.1 Å². The average molecular weight is 405 g/mol. The number of aromatic nitrogens is 2. The van der Waals surface area contributed by atoms with Gasteiger partial charge in [-0.05, 0) is 38.1 Å². The molecule has 7 heteroatoms. The Labute approximate surface area is 171 Å². The van der Waals surface area contributed by atoms with Gasteiger partial charge < -0.3 is 9.64 Å². The van der Waals surface area contributed by atoms with E-state index in [1.807, 2.05) is 4.90 Å². The first kappa shape index (κ1) is 19.9. The number of imidazole rings is 1. The molecule has 0 saturated carbocycles. The first-order valence-corrected chi connectivity index (χ1v) is 11.6. The summed E-state index contributed by atoms with van der Waals surface area (Å²) in [6.07, 6.45) is 10.4. The maximum Gasteiger partial charge on any atom is 0.274 e. The molecular formula is C21H32N4O2S. The van der Waals surface area contributed by atoms with Crippen LogP contribution in [0.25, 0.3) is 4.96 Å². The molecule has 28 heavy (non-hydrogen) atoms. The Kier molecular flexibility index (Phi) is 6.65. The molecule has 0 N–H and O–H groups in total. The van der Waals surface area contributed by atoms with Crippen LogP contribution in [0.4, 0.5) is 0 Å². The van der Waals surface area contributed by atoms with E-state index in [4.69, 9.17) is 9.72 Å². The lowest BCUT2D eigenvalue weighted by molar-refractivity contribution is 0.0727. The van der Waals surface area contributed by atoms with Crippen LogP contribution in [0.1, 0.15) is 61.1 Å². The molecule has 1 amide bonds. The van der Waals surface area contributed by atoms with Gasteiger partial charge in [-0.2, -0.15) is 0 Å². The number of ether oxygens (including phenoxy) is 1. The smallest absolute Gasteiger partial charge is 0.274 e. The standard InChI is InChI=1S/C21H32N4O2S/c1-27-16-17-8-7-9-23(14-17)15-18-19(22-21-25(18)12-13-28-21)20(26)24-10-5-3-2-4-6-11-24/h12-13,17H,2-11,14-16H2,1H3/t17-/m1/s1. The molecule has 2 saturated heterocycles. The monoisotopic (exact) mass is 404 g/mol. The average Bonchev–Trinajstić information content (AvgIpc) is 3.24. The summed E-state index contributed by atoms with van der Waals surface area (Å²) in [6, 6.07) is 0. The number of fused-ring (bicyclic) bond motifs is 1. The van der Waals surface area contributed by atoms with E-state index >= 15 is 0 Å². The third-order valence-corrected chi connectivity index (χ3v) is 6.84. The largest absolute Gasteiger partial charge is 0.384 e. The minimum absolute atomic E-state index is 0.123. The van der Waals surface area contributed by atoms with Crippen molar-refractivity contribution in [3.8, 4) is 0 Å². The van der Waals surface area contributed by atoms with Crippen LogP contribution in [-0.2, 0) is 11.3 Å². The fourth-order valence-electron chi connectivity index (χ4n) is 4.63. The van der Waals surface area contributed by atoms with Gasteiger partial charge >= 0.3 is 0 Å². The summed E-state index contributed by atoms with van der Waals surface area (Å²) in [5.41, 5.74) is 1.72. The molecule has 0 unspecified atom stereocenters. The molecule has 0 aliphatic carbocycles. The Morgan fingerprint density at radius 3 is 2.75 bits per heavy atom. The van der Waals surface area contributed by atoms with E-state index in [2.05, 4.69) is 20.9 Å². The van der Waals surface area contributed by atoms with E-state index in [1.165, 1.54) is 32.1 Å². The summed E-state index contributed by atoms with van der Waals surface area (Å²) >= 11 is 1.61. The Hall–Kier alpha value is -1.44. The van der Waals surface area contributed by atoms with E-state index in [0.717, 1.165) is 62.8 Å². The number of likely N-dealkylation sites (tertiary alicyclic amines) is 2. The number of carbonyl (C=O) groups excluding carboxylic acids is 1. The van der Waals surface area contributed by atoms with E-state index in [1.54, 1.807) is 18.4 Å². The van der Waals surface area contributed by atoms with Crippen LogP contribution in [0.3, 0.4) is 0 Å². The number of hydrogen-bond donors (Lipinski definition) is 0. The van der Waals surface area contributed by atoms with Crippen molar-refractivity contribution in [1.29, 1.82) is 0 Å². The van der Waals surface area contributed by atoms with Crippen LogP contribution in [-0.4, -0.2) is 65.0 Å². The molecule has 0 bridgehead atoms. The van der Waals surface area contributed by atoms with Crippen molar-refractivity contribution in [3.63, 3.8) is 0 Å². The van der Waals surface area contributed by atoms with Gasteiger partial charge in [0.2, 0.25) is 0 Å². The summed E-state index contributed by atoms with van der Waals surface area (Å²) in [6.45, 7) is 5.44. The van der Waals surface area contributed by atoms with Gasteiger partial charge in [-0.15, -0.1) is 11.3 Å². The van der Waals surface area contributed by atoms with Crippen molar-refractivity contribution in [2.45, 2.75) is 51.5 Å². The van der Waals surface area contributed by atoms with Gasteiger partial charge in [-0.1, -0.05) is 19.3 Å². The summed E-state index contributed by atoms with van der Waals surface area (Å²) < 4.78 is 7.51. The van der Waals surface area contributed by atoms with Crippen molar-refractivity contribution >= 4 is 22.2 Å². The topological polar surface area (TPSA) is 50.1 Å². The zero-order valence-corrected chi connectivity index (χ0v) is 17.8. The first-order chi connectivity index (χ1) is 13.8. The normalized spacial score (nSPS) is 22.3. The van der Waals surface area contributed by atoms with Crippen LogP contribution < -0.4 is 0 Å². The maximum atomic E-state index is 13.4. The molecule has 0 spiro atoms. The molecule has 2 aromatic heterocycles. The zero-order chi connectivity index (χ0) is 19.3. The predicted molar refractivity (Wildman–Crippen MR) is 112 cm³/mol. The van der Waals surface area contributed by atoms with E-state index < -0.39 is 0 Å². The minimum Gasteiger partial charge on any atom is -0.384 e. The molecule has 2 aliphatic rings. The lowest BCUT2D eigenvalue weighted by Gasteiger charge is -2.32. The van der Waals surface area contributed by atoms with Gasteiger partial charge in [-0.25, -0.2) is 4.98 Å². The number of amides is 1. The summed E-state index contributed by atoms with van der Waals surface area (Å²) in [5.74, 6) is 0.705. The number of hydrogen-bond acceptors (Lipinski definition) is 5. The SMILES string of the molecule is COC[C@@H]1CCCN(Cc2c(C(=O)N3CCCCCCC3)nc3sccn23)C1. The van der Waals surface area contributed by atoms with Crippen LogP contribution in [0.5, 0.6) is 0 Å². The van der Waals surface area contributed by atoms with Crippen LogP contribution in [0, 0.1) is 5.92 Å². The Morgan fingerprint density at radius 2 is 1.96 bits per heavy atom. The van der Waals surface area contributed by atoms with E-state index in [0.29, 0.717) is 11.6 Å². The first-order valence-electron chi connectivity index (χ1n) is 10.7. The molecule has 1 atom stereocenters. The number of thiazole rings is 1. The molecule has 0 radical (unpaired) electrons. The van der Waals surface area contributed by atoms with Crippen molar-refractivity contribution in [3.05, 3.63) is 23.0 Å². The quantitative estimate of drug-likeness (QED) is 0.763. The highest BCUT2D eigenvalue weighted by Crippen LogP contribution is 2.24. The highest BCUT2D eigenvalue weighted by atomic mass is 32.1. The fraction of sp³-hybridized carbons (Fsp3) is 0.714. The highest BCUT2D eigenvalue weighted by molar-refractivity contribution is 7.15. The van der Waals surface area contributed by atoms with E-state index in [9.17, 15) is 4.79 Å². The Morgan fingerprint density at radius 1 is 1.18 bits per heavy atom. The van der Waals surface area contributed by atoms with Crippen LogP contribution in [0.15, 0.2) is 11.6 Å².